The van der Waals surface area contributed by atoms with E-state index in [4.69, 9.17) is 0 Å². The summed E-state index contributed by atoms with van der Waals surface area (Å²) < 4.78 is 0. The zero-order valence-corrected chi connectivity index (χ0v) is 14.2. The second-order valence-corrected chi connectivity index (χ2v) is 6.40. The van der Waals surface area contributed by atoms with Gasteiger partial charge >= 0.3 is 0 Å². The molecule has 1 aliphatic heterocycles. The zero-order chi connectivity index (χ0) is 16.9. The van der Waals surface area contributed by atoms with Crippen molar-refractivity contribution < 1.29 is 9.59 Å². The van der Waals surface area contributed by atoms with Crippen molar-refractivity contribution >= 4 is 24.4 Å². The van der Waals surface area contributed by atoms with Crippen LogP contribution in [0, 0.1) is 0 Å². The molecule has 1 heterocycles. The molecule has 0 aromatic heterocycles. The second kappa shape index (κ2) is 7.53. The summed E-state index contributed by atoms with van der Waals surface area (Å²) in [6.07, 6.45) is 1.53. The molecule has 3 rings (SSSR count). The van der Waals surface area contributed by atoms with E-state index in [2.05, 4.69) is 17.9 Å². The van der Waals surface area contributed by atoms with E-state index in [9.17, 15) is 9.59 Å². The Kier molecular flexibility index (Phi) is 5.20. The van der Waals surface area contributed by atoms with Crippen LogP contribution in [0.1, 0.15) is 33.6 Å². The number of carbonyl (C=O) groups is 2. The Labute approximate surface area is 147 Å². The van der Waals surface area contributed by atoms with E-state index in [1.807, 2.05) is 41.3 Å². The highest BCUT2D eigenvalue weighted by atomic mass is 32.1. The summed E-state index contributed by atoms with van der Waals surface area (Å²) in [4.78, 5) is 27.3. The van der Waals surface area contributed by atoms with E-state index in [1.165, 1.54) is 0 Å². The van der Waals surface area contributed by atoms with Gasteiger partial charge in [-0.25, -0.2) is 0 Å². The number of thiol groups is 1. The average molecular weight is 340 g/mol. The third kappa shape index (κ3) is 3.79. The van der Waals surface area contributed by atoms with Crippen molar-refractivity contribution in [2.24, 2.45) is 0 Å². The maximum Gasteiger partial charge on any atom is 0.254 e. The van der Waals surface area contributed by atoms with Crippen LogP contribution in [0.25, 0.3) is 0 Å². The Balaban J connectivity index is 1.55. The fourth-order valence-corrected chi connectivity index (χ4v) is 3.17. The molecule has 2 amide bonds. The Morgan fingerprint density at radius 2 is 1.58 bits per heavy atom. The Morgan fingerprint density at radius 1 is 0.958 bits per heavy atom. The van der Waals surface area contributed by atoms with Gasteiger partial charge in [-0.15, -0.1) is 12.6 Å². The van der Waals surface area contributed by atoms with Crippen molar-refractivity contribution in [2.45, 2.75) is 23.8 Å². The molecule has 24 heavy (non-hydrogen) atoms. The highest BCUT2D eigenvalue weighted by Crippen LogP contribution is 2.19. The van der Waals surface area contributed by atoms with Gasteiger partial charge in [0, 0.05) is 29.6 Å². The molecule has 0 atom stereocenters. The molecule has 0 spiro atoms. The molecule has 0 aliphatic carbocycles. The molecule has 1 saturated heterocycles. The van der Waals surface area contributed by atoms with Gasteiger partial charge in [0.25, 0.3) is 11.8 Å². The summed E-state index contributed by atoms with van der Waals surface area (Å²) in [5, 5.41) is 3.05. The highest BCUT2D eigenvalue weighted by Gasteiger charge is 2.25. The summed E-state index contributed by atoms with van der Waals surface area (Å²) >= 11 is 4.36. The first-order chi connectivity index (χ1) is 11.6. The summed E-state index contributed by atoms with van der Waals surface area (Å²) in [5.74, 6) is -0.0467. The number of hydrogen-bond donors (Lipinski definition) is 2. The minimum Gasteiger partial charge on any atom is -0.349 e. The Morgan fingerprint density at radius 3 is 2.25 bits per heavy atom. The van der Waals surface area contributed by atoms with Crippen molar-refractivity contribution in [3.63, 3.8) is 0 Å². The van der Waals surface area contributed by atoms with Crippen LogP contribution in [-0.2, 0) is 0 Å². The predicted molar refractivity (Wildman–Crippen MR) is 96.5 cm³/mol. The van der Waals surface area contributed by atoms with Crippen LogP contribution in [0.5, 0.6) is 0 Å². The molecule has 1 aliphatic rings. The minimum atomic E-state index is -0.0546. The first-order valence-corrected chi connectivity index (χ1v) is 8.53. The molecular weight excluding hydrogens is 320 g/mol. The quantitative estimate of drug-likeness (QED) is 0.844. The third-order valence-electron chi connectivity index (χ3n) is 4.29. The van der Waals surface area contributed by atoms with Crippen LogP contribution in [0.15, 0.2) is 59.5 Å². The number of nitrogens with one attached hydrogen (secondary N) is 1. The maximum atomic E-state index is 12.6. The van der Waals surface area contributed by atoms with E-state index < -0.39 is 0 Å². The molecule has 0 unspecified atom stereocenters. The number of benzene rings is 2. The number of nitrogens with zero attached hydrogens (tertiary/aromatic N) is 1. The molecule has 2 aromatic carbocycles. The topological polar surface area (TPSA) is 49.4 Å². The van der Waals surface area contributed by atoms with Gasteiger partial charge in [-0.2, -0.15) is 0 Å². The molecule has 2 aromatic rings. The van der Waals surface area contributed by atoms with Crippen LogP contribution in [-0.4, -0.2) is 35.8 Å². The van der Waals surface area contributed by atoms with Gasteiger partial charge in [0.1, 0.15) is 0 Å². The fraction of sp³-hybridized carbons (Fsp3) is 0.263. The lowest BCUT2D eigenvalue weighted by Gasteiger charge is -2.32. The van der Waals surface area contributed by atoms with Crippen LogP contribution in [0.4, 0.5) is 0 Å². The summed E-state index contributed by atoms with van der Waals surface area (Å²) in [6, 6.07) is 16.6. The third-order valence-corrected chi connectivity index (χ3v) is 4.68. The SMILES string of the molecule is O=C(NC1CCN(C(=O)c2ccccc2S)CC1)c1ccccc1. The first kappa shape index (κ1) is 16.6. The number of rotatable bonds is 3. The lowest BCUT2D eigenvalue weighted by Crippen LogP contribution is -2.46. The average Bonchev–Trinajstić information content (AvgIpc) is 2.63. The molecule has 5 heteroatoms. The van der Waals surface area contributed by atoms with Crippen molar-refractivity contribution in [3.8, 4) is 0 Å². The van der Waals surface area contributed by atoms with E-state index in [0.29, 0.717) is 29.1 Å². The van der Waals surface area contributed by atoms with Crippen molar-refractivity contribution in [2.75, 3.05) is 13.1 Å². The summed E-state index contributed by atoms with van der Waals surface area (Å²) in [6.45, 7) is 1.28. The zero-order valence-electron chi connectivity index (χ0n) is 13.3. The lowest BCUT2D eigenvalue weighted by atomic mass is 10.0. The van der Waals surface area contributed by atoms with Gasteiger partial charge in [0.2, 0.25) is 0 Å². The lowest BCUT2D eigenvalue weighted by molar-refractivity contribution is 0.0695. The number of piperidine rings is 1. The monoisotopic (exact) mass is 340 g/mol. The molecule has 0 radical (unpaired) electrons. The Hall–Kier alpha value is -2.27. The maximum absolute atomic E-state index is 12.6. The van der Waals surface area contributed by atoms with Gasteiger partial charge in [-0.3, -0.25) is 9.59 Å². The van der Waals surface area contributed by atoms with Crippen molar-refractivity contribution in [1.82, 2.24) is 10.2 Å². The van der Waals surface area contributed by atoms with Crippen LogP contribution >= 0.6 is 12.6 Å². The van der Waals surface area contributed by atoms with Crippen molar-refractivity contribution in [3.05, 3.63) is 65.7 Å². The number of hydrogen-bond acceptors (Lipinski definition) is 3. The molecule has 124 valence electrons. The van der Waals surface area contributed by atoms with Gasteiger partial charge in [0.15, 0.2) is 0 Å². The summed E-state index contributed by atoms with van der Waals surface area (Å²) in [5.41, 5.74) is 1.30. The molecular formula is C19H20N2O2S. The van der Waals surface area contributed by atoms with E-state index in [0.717, 1.165) is 12.8 Å². The second-order valence-electron chi connectivity index (χ2n) is 5.92. The van der Waals surface area contributed by atoms with Crippen LogP contribution in [0.3, 0.4) is 0 Å². The van der Waals surface area contributed by atoms with E-state index in [-0.39, 0.29) is 17.9 Å². The van der Waals surface area contributed by atoms with E-state index >= 15 is 0 Å². The summed E-state index contributed by atoms with van der Waals surface area (Å²) in [7, 11) is 0. The molecule has 1 N–H and O–H groups in total. The van der Waals surface area contributed by atoms with Crippen LogP contribution in [0.2, 0.25) is 0 Å². The molecule has 0 bridgehead atoms. The normalized spacial score (nSPS) is 15.1. The highest BCUT2D eigenvalue weighted by molar-refractivity contribution is 7.80. The molecule has 0 saturated carbocycles. The fourth-order valence-electron chi connectivity index (χ4n) is 2.91. The standard InChI is InChI=1S/C19H20N2O2S/c22-18(14-6-2-1-3-7-14)20-15-10-12-21(13-11-15)19(23)16-8-4-5-9-17(16)24/h1-9,15,24H,10-13H2,(H,20,22). The predicted octanol–water partition coefficient (Wildman–Crippen LogP) is 3.01. The Bertz CT molecular complexity index is 725. The van der Waals surface area contributed by atoms with Gasteiger partial charge in [0.05, 0.1) is 5.56 Å². The van der Waals surface area contributed by atoms with Crippen LogP contribution < -0.4 is 5.32 Å². The van der Waals surface area contributed by atoms with Gasteiger partial charge < -0.3 is 10.2 Å². The number of carbonyl (C=O) groups excluding carboxylic acids is 2. The van der Waals surface area contributed by atoms with Crippen molar-refractivity contribution in [1.29, 1.82) is 0 Å². The van der Waals surface area contributed by atoms with E-state index in [1.54, 1.807) is 18.2 Å². The van der Waals surface area contributed by atoms with Gasteiger partial charge in [-0.1, -0.05) is 30.3 Å². The van der Waals surface area contributed by atoms with Gasteiger partial charge in [-0.05, 0) is 37.1 Å². The minimum absolute atomic E-state index is 0.00781. The molecule has 4 nitrogen and oxygen atoms in total. The smallest absolute Gasteiger partial charge is 0.254 e. The molecule has 1 fully saturated rings. The largest absolute Gasteiger partial charge is 0.349 e. The number of amides is 2. The first-order valence-electron chi connectivity index (χ1n) is 8.08. The number of likely N-dealkylation sites (tertiary alicyclic amines) is 1.